The first-order valence-electron chi connectivity index (χ1n) is 9.26. The molecule has 3 aromatic rings. The highest BCUT2D eigenvalue weighted by molar-refractivity contribution is 7.87. The first kappa shape index (κ1) is 21.0. The van der Waals surface area contributed by atoms with E-state index in [1.54, 1.807) is 32.9 Å². The summed E-state index contributed by atoms with van der Waals surface area (Å²) < 4.78 is 14.4. The van der Waals surface area contributed by atoms with Crippen LogP contribution in [0, 0.1) is 0 Å². The first-order chi connectivity index (χ1) is 13.7. The number of aliphatic hydroxyl groups is 1. The van der Waals surface area contributed by atoms with Gasteiger partial charge >= 0.3 is 0 Å². The average Bonchev–Trinajstić information content (AvgIpc) is 2.72. The van der Waals surface area contributed by atoms with Crippen molar-refractivity contribution in [3.8, 4) is 0 Å². The van der Waals surface area contributed by atoms with Gasteiger partial charge in [0.2, 0.25) is 0 Å². The van der Waals surface area contributed by atoms with Crippen molar-refractivity contribution in [2.24, 2.45) is 0 Å². The Morgan fingerprint density at radius 1 is 0.828 bits per heavy atom. The molecule has 0 radical (unpaired) electrons. The van der Waals surface area contributed by atoms with Crippen LogP contribution in [0.2, 0.25) is 0 Å². The summed E-state index contributed by atoms with van der Waals surface area (Å²) in [7, 11) is -1.56. The minimum atomic E-state index is -1.56. The Kier molecular flexibility index (Phi) is 6.00. The summed E-state index contributed by atoms with van der Waals surface area (Å²) in [6, 6.07) is 17.6. The molecule has 0 bridgehead atoms. The van der Waals surface area contributed by atoms with Gasteiger partial charge in [0.25, 0.3) is 10.9 Å². The molecular formula is C22H24N2O4S. The molecule has 3 atom stereocenters. The predicted octanol–water partition coefficient (Wildman–Crippen LogP) is 3.04. The van der Waals surface area contributed by atoms with Crippen LogP contribution in [0.5, 0.6) is 0 Å². The van der Waals surface area contributed by atoms with E-state index in [1.807, 2.05) is 48.5 Å². The molecule has 3 aromatic carbocycles. The molecule has 0 fully saturated rings. The highest BCUT2D eigenvalue weighted by Crippen LogP contribution is 2.33. The van der Waals surface area contributed by atoms with Crippen LogP contribution in [0.4, 0.5) is 11.4 Å². The maximum absolute atomic E-state index is 12.4. The van der Waals surface area contributed by atoms with E-state index in [4.69, 9.17) is 0 Å². The zero-order valence-electron chi connectivity index (χ0n) is 16.5. The van der Waals surface area contributed by atoms with Crippen LogP contribution in [0.1, 0.15) is 44.0 Å². The summed E-state index contributed by atoms with van der Waals surface area (Å²) in [6.07, 6.45) is -0.969. The lowest BCUT2D eigenvalue weighted by Gasteiger charge is -2.28. The van der Waals surface area contributed by atoms with Gasteiger partial charge in [-0.15, -0.1) is 0 Å². The highest BCUT2D eigenvalue weighted by Gasteiger charge is 2.31. The second kappa shape index (κ2) is 8.31. The molecule has 3 N–H and O–H groups in total. The molecule has 0 saturated carbocycles. The molecule has 0 aromatic heterocycles. The average molecular weight is 413 g/mol. The third-order valence-electron chi connectivity index (χ3n) is 4.58. The van der Waals surface area contributed by atoms with Gasteiger partial charge in [-0.25, -0.2) is 4.21 Å². The Bertz CT molecular complexity index is 1070. The minimum absolute atomic E-state index is 0.00977. The summed E-state index contributed by atoms with van der Waals surface area (Å²) in [4.78, 5) is 24.3. The zero-order valence-corrected chi connectivity index (χ0v) is 17.3. The van der Waals surface area contributed by atoms with Crippen LogP contribution >= 0.6 is 0 Å². The van der Waals surface area contributed by atoms with E-state index in [0.717, 1.165) is 5.56 Å². The van der Waals surface area contributed by atoms with Crippen LogP contribution in [0.15, 0.2) is 70.3 Å². The topological polar surface area (TPSA) is 95.5 Å². The Labute approximate surface area is 171 Å². The van der Waals surface area contributed by atoms with Crippen molar-refractivity contribution in [3.05, 3.63) is 92.2 Å². The standard InChI is InChI=1S/C22H24N2O4S/c1-22(2,3)29(28)24-18-17(20(26)21(18)27)23-16(14-10-6-4-7-11-14)19(25)15-12-8-5-9-13-15/h4-13,16,19,23-25H,1-3H3/t16-,19+,29?/m0/s1. The molecule has 152 valence electrons. The molecule has 1 unspecified atom stereocenters. The van der Waals surface area contributed by atoms with E-state index in [1.165, 1.54) is 0 Å². The van der Waals surface area contributed by atoms with Gasteiger partial charge < -0.3 is 10.4 Å². The molecule has 0 aliphatic rings. The Morgan fingerprint density at radius 2 is 1.31 bits per heavy atom. The Hall–Kier alpha value is -2.77. The van der Waals surface area contributed by atoms with Crippen molar-refractivity contribution in [2.45, 2.75) is 37.7 Å². The number of aliphatic hydroxyl groups excluding tert-OH is 1. The normalized spacial score (nSPS) is 14.9. The molecule has 7 heteroatoms. The van der Waals surface area contributed by atoms with Crippen LogP contribution in [0.3, 0.4) is 0 Å². The van der Waals surface area contributed by atoms with Gasteiger partial charge in [0, 0.05) is 0 Å². The molecule has 0 aliphatic heterocycles. The van der Waals surface area contributed by atoms with Gasteiger partial charge in [0.05, 0.1) is 10.8 Å². The second-order valence-electron chi connectivity index (χ2n) is 7.78. The number of anilines is 2. The van der Waals surface area contributed by atoms with Gasteiger partial charge in [0.1, 0.15) is 28.5 Å². The third-order valence-corrected chi connectivity index (χ3v) is 6.08. The predicted molar refractivity (Wildman–Crippen MR) is 117 cm³/mol. The van der Waals surface area contributed by atoms with Gasteiger partial charge in [-0.2, -0.15) is 0 Å². The second-order valence-corrected chi connectivity index (χ2v) is 9.75. The quantitative estimate of drug-likeness (QED) is 0.519. The van der Waals surface area contributed by atoms with Crippen molar-refractivity contribution < 1.29 is 9.32 Å². The van der Waals surface area contributed by atoms with E-state index < -0.39 is 38.7 Å². The minimum Gasteiger partial charge on any atom is -0.386 e. The SMILES string of the molecule is CC(C)(C)S(=O)Nc1c(N[C@@H](c2ccccc2)[C@H](O)c2ccccc2)c(=O)c1=O. The lowest BCUT2D eigenvalue weighted by Crippen LogP contribution is -2.41. The summed E-state index contributed by atoms with van der Waals surface area (Å²) >= 11 is 0. The number of nitrogens with one attached hydrogen (secondary N) is 2. The lowest BCUT2D eigenvalue weighted by molar-refractivity contribution is 0.155. The number of rotatable bonds is 7. The van der Waals surface area contributed by atoms with Crippen molar-refractivity contribution in [2.75, 3.05) is 10.0 Å². The van der Waals surface area contributed by atoms with Crippen molar-refractivity contribution >= 4 is 22.4 Å². The van der Waals surface area contributed by atoms with Gasteiger partial charge in [-0.05, 0) is 31.9 Å². The smallest absolute Gasteiger partial charge is 0.254 e. The van der Waals surface area contributed by atoms with Crippen molar-refractivity contribution in [1.82, 2.24) is 0 Å². The molecule has 3 rings (SSSR count). The van der Waals surface area contributed by atoms with Crippen molar-refractivity contribution in [1.29, 1.82) is 0 Å². The molecule has 6 nitrogen and oxygen atoms in total. The molecule has 29 heavy (non-hydrogen) atoms. The van der Waals surface area contributed by atoms with Gasteiger partial charge in [0.15, 0.2) is 0 Å². The van der Waals surface area contributed by atoms with E-state index in [-0.39, 0.29) is 11.4 Å². The van der Waals surface area contributed by atoms with Crippen LogP contribution in [-0.2, 0) is 11.0 Å². The first-order valence-corrected chi connectivity index (χ1v) is 10.4. The maximum Gasteiger partial charge on any atom is 0.254 e. The summed E-state index contributed by atoms with van der Waals surface area (Å²) in [5.74, 6) is 0. The van der Waals surface area contributed by atoms with Gasteiger partial charge in [-0.3, -0.25) is 14.3 Å². The van der Waals surface area contributed by atoms with Gasteiger partial charge in [-0.1, -0.05) is 60.7 Å². The van der Waals surface area contributed by atoms with Crippen LogP contribution < -0.4 is 20.9 Å². The fraction of sp³-hybridized carbons (Fsp3) is 0.273. The van der Waals surface area contributed by atoms with E-state index in [0.29, 0.717) is 5.56 Å². The molecular weight excluding hydrogens is 388 g/mol. The zero-order chi connectivity index (χ0) is 21.2. The van der Waals surface area contributed by atoms with Crippen LogP contribution in [0.25, 0.3) is 0 Å². The lowest BCUT2D eigenvalue weighted by atomic mass is 9.95. The highest BCUT2D eigenvalue weighted by atomic mass is 32.2. The summed E-state index contributed by atoms with van der Waals surface area (Å²) in [5, 5.41) is 14.0. The molecule has 0 heterocycles. The monoisotopic (exact) mass is 412 g/mol. The largest absolute Gasteiger partial charge is 0.386 e. The molecule has 0 aliphatic carbocycles. The number of hydrogen-bond acceptors (Lipinski definition) is 5. The summed E-state index contributed by atoms with van der Waals surface area (Å²) in [5.41, 5.74) is 0.0340. The molecule has 0 amide bonds. The summed E-state index contributed by atoms with van der Waals surface area (Å²) in [6.45, 7) is 5.29. The van der Waals surface area contributed by atoms with Crippen molar-refractivity contribution in [3.63, 3.8) is 0 Å². The Balaban J connectivity index is 1.96. The maximum atomic E-state index is 12.4. The van der Waals surface area contributed by atoms with E-state index in [2.05, 4.69) is 10.0 Å². The van der Waals surface area contributed by atoms with E-state index >= 15 is 0 Å². The number of hydrogen-bond donors (Lipinski definition) is 3. The van der Waals surface area contributed by atoms with Crippen LogP contribution in [-0.4, -0.2) is 14.1 Å². The fourth-order valence-electron chi connectivity index (χ4n) is 2.88. The molecule has 0 spiro atoms. The van der Waals surface area contributed by atoms with E-state index in [9.17, 15) is 18.9 Å². The third kappa shape index (κ3) is 4.46. The molecule has 0 saturated heterocycles. The number of benzene rings is 2. The fourth-order valence-corrected chi connectivity index (χ4v) is 3.56. The Morgan fingerprint density at radius 3 is 1.83 bits per heavy atom.